The minimum Gasteiger partial charge on any atom is -0.516 e. The summed E-state index contributed by atoms with van der Waals surface area (Å²) < 4.78 is 6.28. The summed E-state index contributed by atoms with van der Waals surface area (Å²) in [7, 11) is -1.10. The predicted octanol–water partition coefficient (Wildman–Crippen LogP) is 4.94. The molecule has 0 bridgehead atoms. The minimum absolute atomic E-state index is 0.0886. The fourth-order valence-corrected chi connectivity index (χ4v) is 3.38. The molecule has 0 saturated carbocycles. The third kappa shape index (κ3) is 6.32. The highest BCUT2D eigenvalue weighted by Crippen LogP contribution is 2.36. The molecule has 1 unspecified atom stereocenters. The van der Waals surface area contributed by atoms with Crippen LogP contribution in [0, 0.1) is 5.41 Å². The van der Waals surface area contributed by atoms with Crippen LogP contribution >= 0.6 is 0 Å². The first-order valence-electron chi connectivity index (χ1n) is 7.54. The molecule has 0 aliphatic rings. The Kier molecular flexibility index (Phi) is 6.92. The molecule has 0 radical (unpaired) electrons. The smallest absolute Gasteiger partial charge is 0.171 e. The molecular formula is C18H28O2Si. The number of hydrogen-bond donors (Lipinski definition) is 1. The van der Waals surface area contributed by atoms with E-state index in [0.717, 1.165) is 12.7 Å². The minimum atomic E-state index is -1.10. The van der Waals surface area contributed by atoms with E-state index in [9.17, 15) is 0 Å². The van der Waals surface area contributed by atoms with Crippen LogP contribution in [0.1, 0.15) is 38.0 Å². The van der Waals surface area contributed by atoms with Gasteiger partial charge in [0.2, 0.25) is 0 Å². The van der Waals surface area contributed by atoms with Gasteiger partial charge in [-0.2, -0.15) is 0 Å². The standard InChI is InChI=1S/C18H28O2Si/c1-18(2,3)17(20-21(4)5)16-12-9-11-15(14-16)10-7-6-8-13-19/h6-9,11-14,17,19,21H,10H2,1-5H3. The van der Waals surface area contributed by atoms with Crippen LogP contribution in [0.25, 0.3) is 0 Å². The maximum Gasteiger partial charge on any atom is 0.171 e. The van der Waals surface area contributed by atoms with Crippen molar-refractivity contribution in [3.05, 3.63) is 59.9 Å². The summed E-state index contributed by atoms with van der Waals surface area (Å²) in [6.07, 6.45) is 7.56. The zero-order chi connectivity index (χ0) is 15.9. The number of aliphatic hydroxyl groups is 1. The van der Waals surface area contributed by atoms with Crippen LogP contribution < -0.4 is 0 Å². The Morgan fingerprint density at radius 3 is 2.52 bits per heavy atom. The summed E-state index contributed by atoms with van der Waals surface area (Å²) in [4.78, 5) is 0. The number of benzene rings is 1. The molecule has 0 aromatic heterocycles. The fourth-order valence-electron chi connectivity index (χ4n) is 2.27. The van der Waals surface area contributed by atoms with Crippen molar-refractivity contribution in [3.8, 4) is 0 Å². The van der Waals surface area contributed by atoms with Gasteiger partial charge in [-0.25, -0.2) is 0 Å². The van der Waals surface area contributed by atoms with Crippen molar-refractivity contribution in [2.45, 2.75) is 46.4 Å². The van der Waals surface area contributed by atoms with Gasteiger partial charge in [0.1, 0.15) is 0 Å². The van der Waals surface area contributed by atoms with E-state index in [1.54, 1.807) is 6.08 Å². The summed E-state index contributed by atoms with van der Waals surface area (Å²) in [6.45, 7) is 11.1. The first-order valence-corrected chi connectivity index (χ1v) is 10.3. The maximum atomic E-state index is 8.61. The summed E-state index contributed by atoms with van der Waals surface area (Å²) in [5.41, 5.74) is 2.61. The van der Waals surface area contributed by atoms with E-state index < -0.39 is 9.04 Å². The van der Waals surface area contributed by atoms with Crippen molar-refractivity contribution in [2.24, 2.45) is 5.41 Å². The molecule has 0 saturated heterocycles. The predicted molar refractivity (Wildman–Crippen MR) is 93.2 cm³/mol. The van der Waals surface area contributed by atoms with Gasteiger partial charge in [0.05, 0.1) is 12.4 Å². The summed E-state index contributed by atoms with van der Waals surface area (Å²) in [6, 6.07) is 8.63. The Balaban J connectivity index is 2.94. The van der Waals surface area contributed by atoms with Crippen molar-refractivity contribution < 1.29 is 9.53 Å². The molecule has 3 heteroatoms. The zero-order valence-corrected chi connectivity index (χ0v) is 15.0. The first kappa shape index (κ1) is 17.7. The first-order chi connectivity index (χ1) is 9.84. The average molecular weight is 305 g/mol. The third-order valence-electron chi connectivity index (χ3n) is 3.14. The SMILES string of the molecule is C[SiH](C)OC(c1cccc(CC=CC=CO)c1)C(C)(C)C. The lowest BCUT2D eigenvalue weighted by molar-refractivity contribution is 0.0865. The lowest BCUT2D eigenvalue weighted by atomic mass is 9.84. The number of rotatable bonds is 6. The van der Waals surface area contributed by atoms with Crippen molar-refractivity contribution >= 4 is 9.04 Å². The van der Waals surface area contributed by atoms with Crippen molar-refractivity contribution in [1.82, 2.24) is 0 Å². The van der Waals surface area contributed by atoms with Crippen LogP contribution in [0.2, 0.25) is 13.1 Å². The van der Waals surface area contributed by atoms with E-state index in [-0.39, 0.29) is 11.5 Å². The molecule has 0 heterocycles. The van der Waals surface area contributed by atoms with Crippen LogP contribution in [0.5, 0.6) is 0 Å². The van der Waals surface area contributed by atoms with Gasteiger partial charge in [-0.1, -0.05) is 57.2 Å². The quantitative estimate of drug-likeness (QED) is 0.458. The maximum absolute atomic E-state index is 8.61. The normalized spacial score (nSPS) is 14.4. The number of hydrogen-bond acceptors (Lipinski definition) is 2. The van der Waals surface area contributed by atoms with E-state index in [1.165, 1.54) is 11.1 Å². The summed E-state index contributed by atoms with van der Waals surface area (Å²) >= 11 is 0. The molecule has 0 fully saturated rings. The molecule has 116 valence electrons. The molecule has 0 amide bonds. The van der Waals surface area contributed by atoms with Gasteiger partial charge in [-0.3, -0.25) is 0 Å². The van der Waals surface area contributed by atoms with E-state index >= 15 is 0 Å². The fraction of sp³-hybridized carbons (Fsp3) is 0.444. The summed E-state index contributed by atoms with van der Waals surface area (Å²) in [5.74, 6) is 0. The Morgan fingerprint density at radius 2 is 1.95 bits per heavy atom. The lowest BCUT2D eigenvalue weighted by Gasteiger charge is -2.33. The second-order valence-electron chi connectivity index (χ2n) is 6.65. The van der Waals surface area contributed by atoms with Crippen molar-refractivity contribution in [1.29, 1.82) is 0 Å². The highest BCUT2D eigenvalue weighted by atomic mass is 28.3. The van der Waals surface area contributed by atoms with Crippen LogP contribution in [-0.4, -0.2) is 14.1 Å². The molecule has 0 spiro atoms. The van der Waals surface area contributed by atoms with Gasteiger partial charge in [0, 0.05) is 0 Å². The van der Waals surface area contributed by atoms with Crippen LogP contribution in [0.3, 0.4) is 0 Å². The van der Waals surface area contributed by atoms with Gasteiger partial charge in [-0.15, -0.1) is 0 Å². The number of allylic oxidation sites excluding steroid dienone is 3. The van der Waals surface area contributed by atoms with E-state index in [1.807, 2.05) is 12.2 Å². The molecule has 1 rings (SSSR count). The van der Waals surface area contributed by atoms with E-state index in [2.05, 4.69) is 58.1 Å². The largest absolute Gasteiger partial charge is 0.516 e. The molecule has 1 N–H and O–H groups in total. The van der Waals surface area contributed by atoms with Gasteiger partial charge in [0.15, 0.2) is 9.04 Å². The van der Waals surface area contributed by atoms with Crippen LogP contribution in [0.4, 0.5) is 0 Å². The highest BCUT2D eigenvalue weighted by molar-refractivity contribution is 6.48. The van der Waals surface area contributed by atoms with Crippen molar-refractivity contribution in [3.63, 3.8) is 0 Å². The molecular weight excluding hydrogens is 276 g/mol. The van der Waals surface area contributed by atoms with E-state index in [0.29, 0.717) is 0 Å². The molecule has 2 nitrogen and oxygen atoms in total. The zero-order valence-electron chi connectivity index (χ0n) is 13.8. The summed E-state index contributed by atoms with van der Waals surface area (Å²) in [5, 5.41) is 8.61. The lowest BCUT2D eigenvalue weighted by Crippen LogP contribution is -2.26. The molecule has 1 atom stereocenters. The Bertz CT molecular complexity index is 484. The molecule has 0 aliphatic carbocycles. The molecule has 0 aliphatic heterocycles. The Labute approximate surface area is 130 Å². The second kappa shape index (κ2) is 8.20. The monoisotopic (exact) mass is 304 g/mol. The van der Waals surface area contributed by atoms with E-state index in [4.69, 9.17) is 9.53 Å². The third-order valence-corrected chi connectivity index (χ3v) is 3.95. The van der Waals surface area contributed by atoms with Gasteiger partial charge in [-0.05, 0) is 42.1 Å². The molecule has 1 aromatic rings. The average Bonchev–Trinajstić information content (AvgIpc) is 2.40. The van der Waals surface area contributed by atoms with Crippen LogP contribution in [0.15, 0.2) is 48.8 Å². The molecule has 1 aromatic carbocycles. The van der Waals surface area contributed by atoms with Crippen LogP contribution in [-0.2, 0) is 10.8 Å². The molecule has 21 heavy (non-hydrogen) atoms. The second-order valence-corrected chi connectivity index (χ2v) is 9.02. The van der Waals surface area contributed by atoms with Gasteiger partial charge >= 0.3 is 0 Å². The van der Waals surface area contributed by atoms with Gasteiger partial charge in [0.25, 0.3) is 0 Å². The topological polar surface area (TPSA) is 29.5 Å². The Morgan fingerprint density at radius 1 is 1.24 bits per heavy atom. The highest BCUT2D eigenvalue weighted by Gasteiger charge is 2.27. The van der Waals surface area contributed by atoms with Gasteiger partial charge < -0.3 is 9.53 Å². The number of aliphatic hydroxyl groups excluding tert-OH is 1. The van der Waals surface area contributed by atoms with Crippen molar-refractivity contribution in [2.75, 3.05) is 0 Å². The Hall–Kier alpha value is -1.32.